The Kier molecular flexibility index (Phi) is 3.14. The van der Waals surface area contributed by atoms with Gasteiger partial charge in [-0.3, -0.25) is 0 Å². The number of para-hydroxylation sites is 1. The Labute approximate surface area is 97.3 Å². The zero-order chi connectivity index (χ0) is 10.7. The van der Waals surface area contributed by atoms with E-state index in [1.807, 2.05) is 17.5 Å². The first-order chi connectivity index (χ1) is 7.27. The zero-order valence-electron chi connectivity index (χ0n) is 7.94. The van der Waals surface area contributed by atoms with Crippen LogP contribution in [-0.2, 0) is 6.61 Å². The van der Waals surface area contributed by atoms with E-state index in [2.05, 4.69) is 0 Å². The molecule has 1 aromatic heterocycles. The smallest absolute Gasteiger partial charge is 0.161 e. The normalized spacial score (nSPS) is 10.2. The van der Waals surface area contributed by atoms with Crippen LogP contribution in [0.4, 0.5) is 5.69 Å². The van der Waals surface area contributed by atoms with E-state index in [9.17, 15) is 0 Å². The van der Waals surface area contributed by atoms with E-state index < -0.39 is 0 Å². The van der Waals surface area contributed by atoms with Gasteiger partial charge in [0.05, 0.1) is 10.7 Å². The van der Waals surface area contributed by atoms with Gasteiger partial charge in [-0.2, -0.15) is 0 Å². The predicted octanol–water partition coefficient (Wildman–Crippen LogP) is 3.56. The van der Waals surface area contributed by atoms with Crippen LogP contribution >= 0.6 is 22.9 Å². The molecular formula is C11H10ClNOS. The van der Waals surface area contributed by atoms with E-state index in [-0.39, 0.29) is 0 Å². The van der Waals surface area contributed by atoms with Crippen molar-refractivity contribution in [1.82, 2.24) is 0 Å². The minimum absolute atomic E-state index is 0.506. The highest BCUT2D eigenvalue weighted by Gasteiger charge is 2.05. The topological polar surface area (TPSA) is 35.2 Å². The van der Waals surface area contributed by atoms with E-state index >= 15 is 0 Å². The molecule has 0 saturated carbocycles. The van der Waals surface area contributed by atoms with Crippen LogP contribution in [-0.4, -0.2) is 0 Å². The minimum atomic E-state index is 0.506. The van der Waals surface area contributed by atoms with E-state index in [4.69, 9.17) is 22.1 Å². The average molecular weight is 240 g/mol. The Morgan fingerprint density at radius 2 is 2.13 bits per heavy atom. The highest BCUT2D eigenvalue weighted by molar-refractivity contribution is 7.09. The largest absolute Gasteiger partial charge is 0.484 e. The van der Waals surface area contributed by atoms with Gasteiger partial charge in [-0.05, 0) is 23.6 Å². The van der Waals surface area contributed by atoms with Crippen molar-refractivity contribution >= 4 is 28.6 Å². The third-order valence-corrected chi connectivity index (χ3v) is 3.08. The van der Waals surface area contributed by atoms with Crippen molar-refractivity contribution in [3.8, 4) is 5.75 Å². The quantitative estimate of drug-likeness (QED) is 0.832. The first kappa shape index (κ1) is 10.3. The van der Waals surface area contributed by atoms with Crippen LogP contribution in [0.1, 0.15) is 4.88 Å². The molecule has 0 aliphatic heterocycles. The third-order valence-electron chi connectivity index (χ3n) is 1.94. The SMILES string of the molecule is Nc1cccc(Cl)c1OCc1cccs1. The van der Waals surface area contributed by atoms with Gasteiger partial charge in [-0.15, -0.1) is 11.3 Å². The zero-order valence-corrected chi connectivity index (χ0v) is 9.52. The van der Waals surface area contributed by atoms with Gasteiger partial charge in [0.1, 0.15) is 6.61 Å². The minimum Gasteiger partial charge on any atom is -0.484 e. The van der Waals surface area contributed by atoms with Crippen molar-refractivity contribution < 1.29 is 4.74 Å². The fourth-order valence-electron chi connectivity index (χ4n) is 1.22. The van der Waals surface area contributed by atoms with Gasteiger partial charge in [-0.25, -0.2) is 0 Å². The van der Waals surface area contributed by atoms with Gasteiger partial charge in [0.25, 0.3) is 0 Å². The number of thiophene rings is 1. The molecule has 0 radical (unpaired) electrons. The first-order valence-electron chi connectivity index (χ1n) is 4.46. The molecule has 0 atom stereocenters. The van der Waals surface area contributed by atoms with Crippen LogP contribution in [0.5, 0.6) is 5.75 Å². The molecule has 0 aliphatic rings. The van der Waals surface area contributed by atoms with Crippen LogP contribution in [0.3, 0.4) is 0 Å². The van der Waals surface area contributed by atoms with Gasteiger partial charge in [0.15, 0.2) is 5.75 Å². The van der Waals surface area contributed by atoms with Crippen molar-refractivity contribution in [3.63, 3.8) is 0 Å². The predicted molar refractivity (Wildman–Crippen MR) is 64.5 cm³/mol. The van der Waals surface area contributed by atoms with Crippen LogP contribution < -0.4 is 10.5 Å². The van der Waals surface area contributed by atoms with Crippen LogP contribution in [0.2, 0.25) is 5.02 Å². The molecule has 78 valence electrons. The molecule has 2 N–H and O–H groups in total. The maximum absolute atomic E-state index is 5.97. The molecule has 2 rings (SSSR count). The highest BCUT2D eigenvalue weighted by Crippen LogP contribution is 2.31. The van der Waals surface area contributed by atoms with Gasteiger partial charge in [0.2, 0.25) is 0 Å². The van der Waals surface area contributed by atoms with E-state index in [1.165, 1.54) is 0 Å². The Morgan fingerprint density at radius 3 is 2.80 bits per heavy atom. The van der Waals surface area contributed by atoms with E-state index in [0.29, 0.717) is 23.1 Å². The molecule has 0 fully saturated rings. The summed E-state index contributed by atoms with van der Waals surface area (Å²) in [6.45, 7) is 0.506. The van der Waals surface area contributed by atoms with Gasteiger partial charge >= 0.3 is 0 Å². The van der Waals surface area contributed by atoms with E-state index in [1.54, 1.807) is 29.5 Å². The molecule has 0 saturated heterocycles. The number of anilines is 1. The summed E-state index contributed by atoms with van der Waals surface area (Å²) in [5.41, 5.74) is 6.32. The number of benzene rings is 1. The van der Waals surface area contributed by atoms with Crippen LogP contribution in [0.25, 0.3) is 0 Å². The molecule has 1 aromatic carbocycles. The standard InChI is InChI=1S/C11H10ClNOS/c12-9-4-1-5-10(13)11(9)14-7-8-3-2-6-15-8/h1-6H,7,13H2. The lowest BCUT2D eigenvalue weighted by atomic mass is 10.3. The van der Waals surface area contributed by atoms with Crippen molar-refractivity contribution in [3.05, 3.63) is 45.6 Å². The Morgan fingerprint density at radius 1 is 1.27 bits per heavy atom. The second-order valence-electron chi connectivity index (χ2n) is 3.03. The van der Waals surface area contributed by atoms with Gasteiger partial charge in [0, 0.05) is 4.88 Å². The highest BCUT2D eigenvalue weighted by atomic mass is 35.5. The maximum atomic E-state index is 5.97. The number of halogens is 1. The fraction of sp³-hybridized carbons (Fsp3) is 0.0909. The molecule has 15 heavy (non-hydrogen) atoms. The molecule has 0 unspecified atom stereocenters. The molecule has 2 nitrogen and oxygen atoms in total. The summed E-state index contributed by atoms with van der Waals surface area (Å²) in [6, 6.07) is 9.34. The van der Waals surface area contributed by atoms with Gasteiger partial charge < -0.3 is 10.5 Å². The summed E-state index contributed by atoms with van der Waals surface area (Å²) in [7, 11) is 0. The molecule has 0 bridgehead atoms. The van der Waals surface area contributed by atoms with E-state index in [0.717, 1.165) is 4.88 Å². The fourth-order valence-corrected chi connectivity index (χ4v) is 2.07. The summed E-state index contributed by atoms with van der Waals surface area (Å²) in [5, 5.41) is 2.56. The lowest BCUT2D eigenvalue weighted by Crippen LogP contribution is -1.97. The molecule has 0 spiro atoms. The Balaban J connectivity index is 2.11. The number of rotatable bonds is 3. The molecule has 1 heterocycles. The van der Waals surface area contributed by atoms with Gasteiger partial charge in [-0.1, -0.05) is 23.7 Å². The molecule has 0 amide bonds. The summed E-state index contributed by atoms with van der Waals surface area (Å²) in [6.07, 6.45) is 0. The monoisotopic (exact) mass is 239 g/mol. The maximum Gasteiger partial charge on any atom is 0.161 e. The second kappa shape index (κ2) is 4.55. The summed E-state index contributed by atoms with van der Waals surface area (Å²) >= 11 is 7.61. The van der Waals surface area contributed by atoms with Crippen molar-refractivity contribution in [2.75, 3.05) is 5.73 Å². The summed E-state index contributed by atoms with van der Waals surface area (Å²) in [5.74, 6) is 0.563. The Hall–Kier alpha value is -1.19. The van der Waals surface area contributed by atoms with Crippen molar-refractivity contribution in [2.24, 2.45) is 0 Å². The van der Waals surface area contributed by atoms with Crippen molar-refractivity contribution in [1.29, 1.82) is 0 Å². The lowest BCUT2D eigenvalue weighted by Gasteiger charge is -2.09. The summed E-state index contributed by atoms with van der Waals surface area (Å²) in [4.78, 5) is 1.15. The number of nitrogens with two attached hydrogens (primary N) is 1. The molecule has 4 heteroatoms. The van der Waals surface area contributed by atoms with Crippen molar-refractivity contribution in [2.45, 2.75) is 6.61 Å². The number of hydrogen-bond donors (Lipinski definition) is 1. The Bertz CT molecular complexity index is 422. The number of nitrogen functional groups attached to an aromatic ring is 1. The summed E-state index contributed by atoms with van der Waals surface area (Å²) < 4.78 is 5.57. The number of hydrogen-bond acceptors (Lipinski definition) is 3. The second-order valence-corrected chi connectivity index (χ2v) is 4.47. The molecule has 0 aliphatic carbocycles. The lowest BCUT2D eigenvalue weighted by molar-refractivity contribution is 0.312. The van der Waals surface area contributed by atoms with Crippen LogP contribution in [0.15, 0.2) is 35.7 Å². The number of ether oxygens (including phenoxy) is 1. The van der Waals surface area contributed by atoms with Crippen LogP contribution in [0, 0.1) is 0 Å². The first-order valence-corrected chi connectivity index (χ1v) is 5.72. The average Bonchev–Trinajstić information content (AvgIpc) is 2.70. The molecular weight excluding hydrogens is 230 g/mol. The molecule has 2 aromatic rings. The third kappa shape index (κ3) is 2.43.